The van der Waals surface area contributed by atoms with Crippen LogP contribution >= 0.6 is 23.6 Å². The molecule has 3 aromatic carbocycles. The maximum absolute atomic E-state index is 12.4. The van der Waals surface area contributed by atoms with Crippen molar-refractivity contribution in [1.82, 2.24) is 0 Å². The number of ether oxygens (including phenoxy) is 2. The third-order valence-corrected chi connectivity index (χ3v) is 6.84. The van der Waals surface area contributed by atoms with E-state index in [4.69, 9.17) is 26.1 Å². The number of esters is 1. The van der Waals surface area contributed by atoms with Crippen LogP contribution in [-0.4, -0.2) is 25.3 Å². The van der Waals surface area contributed by atoms with E-state index < -0.39 is 5.97 Å². The van der Waals surface area contributed by atoms with Crippen LogP contribution in [0.2, 0.25) is 0 Å². The Morgan fingerprint density at radius 1 is 0.943 bits per heavy atom. The molecule has 5 aromatic rings. The monoisotopic (exact) mass is 502 g/mol. The molecule has 0 amide bonds. The molecule has 2 heterocycles. The number of carbonyl (C=O) groups is 1. The molecule has 0 radical (unpaired) electrons. The molecule has 35 heavy (non-hydrogen) atoms. The van der Waals surface area contributed by atoms with Crippen LogP contribution in [0.3, 0.4) is 0 Å². The van der Waals surface area contributed by atoms with Crippen molar-refractivity contribution >= 4 is 67.3 Å². The van der Waals surface area contributed by atoms with Gasteiger partial charge in [-0.05, 0) is 36.0 Å². The normalized spacial score (nSPS) is 10.9. The first-order valence-corrected chi connectivity index (χ1v) is 12.1. The summed E-state index contributed by atoms with van der Waals surface area (Å²) < 4.78 is 16.6. The minimum atomic E-state index is -0.424. The zero-order chi connectivity index (χ0) is 24.4. The van der Waals surface area contributed by atoms with Gasteiger partial charge < -0.3 is 24.5 Å². The van der Waals surface area contributed by atoms with E-state index in [1.807, 2.05) is 60.7 Å². The SMILES string of the molecule is COC(=O)c1cc(Cc2ccccc2)sc1NC(=S)Nc1cc2oc3ccccc3c2cc1OC. The maximum Gasteiger partial charge on any atom is 0.340 e. The minimum absolute atomic E-state index is 0.317. The minimum Gasteiger partial charge on any atom is -0.495 e. The lowest BCUT2D eigenvalue weighted by molar-refractivity contribution is 0.0602. The molecule has 176 valence electrons. The molecule has 8 heteroatoms. The highest BCUT2D eigenvalue weighted by Gasteiger charge is 2.19. The number of methoxy groups -OCH3 is 2. The molecule has 2 aromatic heterocycles. The molecule has 0 unspecified atom stereocenters. The van der Waals surface area contributed by atoms with Crippen molar-refractivity contribution in [2.24, 2.45) is 0 Å². The summed E-state index contributed by atoms with van der Waals surface area (Å²) >= 11 is 7.04. The Hall–Kier alpha value is -3.88. The van der Waals surface area contributed by atoms with Crippen molar-refractivity contribution in [2.45, 2.75) is 6.42 Å². The van der Waals surface area contributed by atoms with Gasteiger partial charge in [0.15, 0.2) is 5.11 Å². The number of rotatable bonds is 6. The highest BCUT2D eigenvalue weighted by Crippen LogP contribution is 2.37. The smallest absolute Gasteiger partial charge is 0.340 e. The number of benzene rings is 3. The Morgan fingerprint density at radius 3 is 2.49 bits per heavy atom. The second-order valence-corrected chi connectivity index (χ2v) is 9.38. The summed E-state index contributed by atoms with van der Waals surface area (Å²) in [4.78, 5) is 13.4. The first kappa shape index (κ1) is 22.9. The fourth-order valence-electron chi connectivity index (χ4n) is 3.96. The van der Waals surface area contributed by atoms with E-state index in [9.17, 15) is 4.79 Å². The highest BCUT2D eigenvalue weighted by molar-refractivity contribution is 7.80. The zero-order valence-electron chi connectivity index (χ0n) is 19.1. The number of thiocarbonyl (C=S) groups is 1. The van der Waals surface area contributed by atoms with E-state index >= 15 is 0 Å². The number of hydrogen-bond acceptors (Lipinski definition) is 6. The largest absolute Gasteiger partial charge is 0.495 e. The van der Waals surface area contributed by atoms with E-state index in [0.29, 0.717) is 39.1 Å². The van der Waals surface area contributed by atoms with Crippen molar-refractivity contribution in [1.29, 1.82) is 0 Å². The predicted molar refractivity (Wildman–Crippen MR) is 145 cm³/mol. The van der Waals surface area contributed by atoms with Gasteiger partial charge in [0.1, 0.15) is 21.9 Å². The number of nitrogens with one attached hydrogen (secondary N) is 2. The van der Waals surface area contributed by atoms with Gasteiger partial charge in [0.2, 0.25) is 0 Å². The van der Waals surface area contributed by atoms with Gasteiger partial charge in [0.25, 0.3) is 0 Å². The number of anilines is 2. The first-order chi connectivity index (χ1) is 17.1. The molecular weight excluding hydrogens is 480 g/mol. The number of para-hydroxylation sites is 1. The molecule has 0 bridgehead atoms. The highest BCUT2D eigenvalue weighted by atomic mass is 32.1. The van der Waals surface area contributed by atoms with Gasteiger partial charge in [-0.15, -0.1) is 11.3 Å². The average molecular weight is 503 g/mol. The van der Waals surface area contributed by atoms with Crippen molar-refractivity contribution in [3.63, 3.8) is 0 Å². The first-order valence-electron chi connectivity index (χ1n) is 10.9. The Labute approximate surface area is 211 Å². The topological polar surface area (TPSA) is 72.7 Å². The summed E-state index contributed by atoms with van der Waals surface area (Å²) in [7, 11) is 2.97. The summed E-state index contributed by atoms with van der Waals surface area (Å²) in [6.45, 7) is 0. The van der Waals surface area contributed by atoms with Crippen molar-refractivity contribution in [3.05, 3.63) is 88.8 Å². The van der Waals surface area contributed by atoms with Crippen molar-refractivity contribution < 1.29 is 18.7 Å². The summed E-state index contributed by atoms with van der Waals surface area (Å²) in [6, 6.07) is 23.6. The fraction of sp³-hybridized carbons (Fsp3) is 0.111. The standard InChI is InChI=1S/C27H22N2O4S2/c1-31-24-14-19-18-10-6-7-11-22(18)33-23(19)15-21(24)28-27(34)29-25-20(26(30)32-2)13-17(35-25)12-16-8-4-3-5-9-16/h3-11,13-15H,12H2,1-2H3,(H2,28,29,34). The van der Waals surface area contributed by atoms with Gasteiger partial charge in [0, 0.05) is 28.1 Å². The van der Waals surface area contributed by atoms with E-state index in [1.165, 1.54) is 18.4 Å². The average Bonchev–Trinajstić information content (AvgIpc) is 3.43. The Morgan fingerprint density at radius 2 is 1.71 bits per heavy atom. The summed E-state index contributed by atoms with van der Waals surface area (Å²) in [5.41, 5.74) is 3.76. The molecule has 0 aliphatic rings. The van der Waals surface area contributed by atoms with E-state index in [0.717, 1.165) is 26.8 Å². The molecule has 6 nitrogen and oxygen atoms in total. The van der Waals surface area contributed by atoms with Crippen molar-refractivity contribution in [3.8, 4) is 5.75 Å². The summed E-state index contributed by atoms with van der Waals surface area (Å²) in [5.74, 6) is 0.199. The number of hydrogen-bond donors (Lipinski definition) is 2. The zero-order valence-corrected chi connectivity index (χ0v) is 20.7. The van der Waals surface area contributed by atoms with Gasteiger partial charge in [-0.3, -0.25) is 0 Å². The second-order valence-electron chi connectivity index (χ2n) is 7.84. The maximum atomic E-state index is 12.4. The Bertz CT molecular complexity index is 1540. The number of fused-ring (bicyclic) bond motifs is 3. The lowest BCUT2D eigenvalue weighted by Gasteiger charge is -2.13. The van der Waals surface area contributed by atoms with Crippen molar-refractivity contribution in [2.75, 3.05) is 24.9 Å². The summed E-state index contributed by atoms with van der Waals surface area (Å²) in [6.07, 6.45) is 0.702. The molecular formula is C27H22N2O4S2. The molecule has 5 rings (SSSR count). The van der Waals surface area contributed by atoms with Gasteiger partial charge in [0.05, 0.1) is 25.5 Å². The van der Waals surface area contributed by atoms with Gasteiger partial charge in [-0.25, -0.2) is 4.79 Å². The van der Waals surface area contributed by atoms with Crippen LogP contribution in [0, 0.1) is 0 Å². The molecule has 0 aliphatic carbocycles. The van der Waals surface area contributed by atoms with E-state index in [1.54, 1.807) is 7.11 Å². The van der Waals surface area contributed by atoms with E-state index in [-0.39, 0.29) is 0 Å². The molecule has 0 saturated heterocycles. The molecule has 0 spiro atoms. The molecule has 0 aliphatic heterocycles. The number of furan rings is 1. The second kappa shape index (κ2) is 9.77. The third-order valence-electron chi connectivity index (χ3n) is 5.58. The lowest BCUT2D eigenvalue weighted by Crippen LogP contribution is -2.20. The van der Waals surface area contributed by atoms with Gasteiger partial charge >= 0.3 is 5.97 Å². The fourth-order valence-corrected chi connectivity index (χ4v) is 5.32. The number of carbonyl (C=O) groups excluding carboxylic acids is 1. The molecule has 0 atom stereocenters. The molecule has 0 fully saturated rings. The van der Waals surface area contributed by atoms with Crippen LogP contribution in [0.15, 0.2) is 77.2 Å². The quantitative estimate of drug-likeness (QED) is 0.194. The third kappa shape index (κ3) is 4.71. The van der Waals surface area contributed by atoms with Gasteiger partial charge in [-0.1, -0.05) is 48.5 Å². The van der Waals surface area contributed by atoms with Crippen LogP contribution in [0.1, 0.15) is 20.8 Å². The van der Waals surface area contributed by atoms with E-state index in [2.05, 4.69) is 22.8 Å². The Balaban J connectivity index is 1.41. The van der Waals surface area contributed by atoms with Crippen LogP contribution < -0.4 is 15.4 Å². The van der Waals surface area contributed by atoms with Crippen LogP contribution in [0.4, 0.5) is 10.7 Å². The molecule has 2 N–H and O–H groups in total. The number of thiophene rings is 1. The molecule has 0 saturated carbocycles. The predicted octanol–water partition coefficient (Wildman–Crippen LogP) is 6.84. The summed E-state index contributed by atoms with van der Waals surface area (Å²) in [5, 5.41) is 9.24. The van der Waals surface area contributed by atoms with Crippen LogP contribution in [-0.2, 0) is 11.2 Å². The Kier molecular flexibility index (Phi) is 6.39. The van der Waals surface area contributed by atoms with Gasteiger partial charge in [-0.2, -0.15) is 0 Å². The lowest BCUT2D eigenvalue weighted by atomic mass is 10.1. The van der Waals surface area contributed by atoms with Crippen LogP contribution in [0.25, 0.3) is 21.9 Å². The van der Waals surface area contributed by atoms with Crippen LogP contribution in [0.5, 0.6) is 5.75 Å².